The van der Waals surface area contributed by atoms with Crippen LogP contribution in [0.3, 0.4) is 0 Å². The van der Waals surface area contributed by atoms with Gasteiger partial charge < -0.3 is 10.0 Å². The SMILES string of the molecule is CC(C)CN(CCC(=O)O)C(=O)CN(C)S(C)(=O)=O. The normalized spacial score (nSPS) is 11.9. The molecule has 0 unspecified atom stereocenters. The van der Waals surface area contributed by atoms with Gasteiger partial charge in [-0.05, 0) is 5.92 Å². The molecule has 0 aromatic rings. The van der Waals surface area contributed by atoms with Crippen LogP contribution in [-0.4, -0.2) is 67.5 Å². The van der Waals surface area contributed by atoms with Gasteiger partial charge in [0, 0.05) is 20.1 Å². The highest BCUT2D eigenvalue weighted by atomic mass is 32.2. The maximum absolute atomic E-state index is 12.0. The summed E-state index contributed by atoms with van der Waals surface area (Å²) in [5.41, 5.74) is 0. The van der Waals surface area contributed by atoms with Gasteiger partial charge in [-0.25, -0.2) is 8.42 Å². The molecule has 0 aliphatic rings. The third-order valence-electron chi connectivity index (χ3n) is 2.46. The first-order chi connectivity index (χ1) is 8.54. The molecule has 0 saturated carbocycles. The van der Waals surface area contributed by atoms with E-state index in [9.17, 15) is 18.0 Å². The monoisotopic (exact) mass is 294 g/mol. The maximum atomic E-state index is 12.0. The molecule has 0 bridgehead atoms. The van der Waals surface area contributed by atoms with Crippen LogP contribution >= 0.6 is 0 Å². The fourth-order valence-electron chi connectivity index (χ4n) is 1.40. The molecule has 0 fully saturated rings. The second-order valence-electron chi connectivity index (χ2n) is 4.90. The van der Waals surface area contributed by atoms with E-state index in [1.165, 1.54) is 11.9 Å². The van der Waals surface area contributed by atoms with E-state index in [4.69, 9.17) is 5.11 Å². The summed E-state index contributed by atoms with van der Waals surface area (Å²) in [6, 6.07) is 0. The van der Waals surface area contributed by atoms with Crippen LogP contribution < -0.4 is 0 Å². The van der Waals surface area contributed by atoms with Crippen molar-refractivity contribution in [2.75, 3.05) is 32.9 Å². The van der Waals surface area contributed by atoms with Gasteiger partial charge in [-0.15, -0.1) is 0 Å². The molecule has 0 heterocycles. The van der Waals surface area contributed by atoms with Gasteiger partial charge in [-0.3, -0.25) is 9.59 Å². The van der Waals surface area contributed by atoms with Crippen LogP contribution in [0.1, 0.15) is 20.3 Å². The van der Waals surface area contributed by atoms with E-state index in [0.29, 0.717) is 6.54 Å². The molecule has 0 rings (SSSR count). The molecular weight excluding hydrogens is 272 g/mol. The summed E-state index contributed by atoms with van der Waals surface area (Å²) in [7, 11) is -2.10. The van der Waals surface area contributed by atoms with Crippen LogP contribution in [0, 0.1) is 5.92 Å². The van der Waals surface area contributed by atoms with E-state index in [0.717, 1.165) is 10.6 Å². The van der Waals surface area contributed by atoms with Gasteiger partial charge in [0.25, 0.3) is 0 Å². The summed E-state index contributed by atoms with van der Waals surface area (Å²) in [5.74, 6) is -1.19. The highest BCUT2D eigenvalue weighted by molar-refractivity contribution is 7.88. The number of hydrogen-bond donors (Lipinski definition) is 1. The van der Waals surface area contributed by atoms with Gasteiger partial charge >= 0.3 is 5.97 Å². The quantitative estimate of drug-likeness (QED) is 0.671. The molecule has 8 heteroatoms. The molecule has 0 aliphatic heterocycles. The predicted octanol–water partition coefficient (Wildman–Crippen LogP) is -0.163. The second-order valence-corrected chi connectivity index (χ2v) is 6.99. The Hall–Kier alpha value is -1.15. The average molecular weight is 294 g/mol. The minimum Gasteiger partial charge on any atom is -0.481 e. The van der Waals surface area contributed by atoms with Gasteiger partial charge in [-0.2, -0.15) is 4.31 Å². The summed E-state index contributed by atoms with van der Waals surface area (Å²) >= 11 is 0. The van der Waals surface area contributed by atoms with E-state index < -0.39 is 16.0 Å². The molecule has 0 spiro atoms. The predicted molar refractivity (Wildman–Crippen MR) is 71.1 cm³/mol. The van der Waals surface area contributed by atoms with Gasteiger partial charge in [-0.1, -0.05) is 13.8 Å². The molecule has 0 aliphatic carbocycles. The van der Waals surface area contributed by atoms with Crippen LogP contribution in [0.2, 0.25) is 0 Å². The van der Waals surface area contributed by atoms with Gasteiger partial charge in [0.15, 0.2) is 0 Å². The van der Waals surface area contributed by atoms with Crippen LogP contribution in [0.4, 0.5) is 0 Å². The van der Waals surface area contributed by atoms with Crippen LogP contribution in [-0.2, 0) is 19.6 Å². The van der Waals surface area contributed by atoms with Crippen LogP contribution in [0.5, 0.6) is 0 Å². The number of nitrogens with zero attached hydrogens (tertiary/aromatic N) is 2. The molecule has 19 heavy (non-hydrogen) atoms. The van der Waals surface area contributed by atoms with Crippen molar-refractivity contribution in [1.82, 2.24) is 9.21 Å². The summed E-state index contributed by atoms with van der Waals surface area (Å²) in [4.78, 5) is 23.9. The summed E-state index contributed by atoms with van der Waals surface area (Å²) in [5, 5.41) is 8.65. The Morgan fingerprint density at radius 1 is 1.26 bits per heavy atom. The molecule has 0 atom stereocenters. The third-order valence-corrected chi connectivity index (χ3v) is 3.72. The topological polar surface area (TPSA) is 95.0 Å². The van der Waals surface area contributed by atoms with Crippen molar-refractivity contribution in [3.63, 3.8) is 0 Å². The first-order valence-corrected chi connectivity index (χ1v) is 7.79. The van der Waals surface area contributed by atoms with E-state index >= 15 is 0 Å². The van der Waals surface area contributed by atoms with Gasteiger partial charge in [0.2, 0.25) is 15.9 Å². The summed E-state index contributed by atoms with van der Waals surface area (Å²) < 4.78 is 23.4. The Morgan fingerprint density at radius 2 is 1.79 bits per heavy atom. The van der Waals surface area contributed by atoms with Crippen molar-refractivity contribution >= 4 is 21.9 Å². The number of hydrogen-bond acceptors (Lipinski definition) is 4. The maximum Gasteiger partial charge on any atom is 0.305 e. The van der Waals surface area contributed by atoms with E-state index in [1.807, 2.05) is 13.8 Å². The lowest BCUT2D eigenvalue weighted by Gasteiger charge is -2.26. The standard InChI is InChI=1S/C11H22N2O5S/c1-9(2)7-13(6-5-11(15)16)10(14)8-12(3)19(4,17)18/h9H,5-8H2,1-4H3,(H,15,16). The lowest BCUT2D eigenvalue weighted by molar-refractivity contribution is -0.138. The van der Waals surface area contributed by atoms with Gasteiger partial charge in [0.05, 0.1) is 19.2 Å². The molecular formula is C11H22N2O5S. The first kappa shape index (κ1) is 17.8. The van der Waals surface area contributed by atoms with Crippen molar-refractivity contribution in [3.05, 3.63) is 0 Å². The number of carboxylic acid groups (broad SMARTS) is 1. The molecule has 7 nitrogen and oxygen atoms in total. The number of likely N-dealkylation sites (N-methyl/N-ethyl adjacent to an activating group) is 1. The van der Waals surface area contributed by atoms with Gasteiger partial charge in [0.1, 0.15) is 0 Å². The number of aliphatic carboxylic acids is 1. The molecule has 0 radical (unpaired) electrons. The molecule has 0 aromatic carbocycles. The Bertz CT molecular complexity index is 419. The number of amides is 1. The Kier molecular flexibility index (Phi) is 6.99. The zero-order valence-electron chi connectivity index (χ0n) is 11.8. The van der Waals surface area contributed by atoms with E-state index in [-0.39, 0.29) is 31.3 Å². The molecule has 0 saturated heterocycles. The number of carbonyl (C=O) groups excluding carboxylic acids is 1. The average Bonchev–Trinajstić information content (AvgIpc) is 2.21. The zero-order valence-corrected chi connectivity index (χ0v) is 12.6. The number of carbonyl (C=O) groups is 2. The Morgan fingerprint density at radius 3 is 2.16 bits per heavy atom. The lowest BCUT2D eigenvalue weighted by Crippen LogP contribution is -2.43. The molecule has 1 amide bonds. The van der Waals surface area contributed by atoms with Crippen molar-refractivity contribution in [2.45, 2.75) is 20.3 Å². The van der Waals surface area contributed by atoms with Crippen LogP contribution in [0.25, 0.3) is 0 Å². The minimum atomic E-state index is -3.42. The molecule has 112 valence electrons. The number of carboxylic acids is 1. The second kappa shape index (κ2) is 7.44. The third kappa shape index (κ3) is 7.78. The van der Waals surface area contributed by atoms with Crippen molar-refractivity contribution < 1.29 is 23.1 Å². The molecule has 0 aromatic heterocycles. The summed E-state index contributed by atoms with van der Waals surface area (Å²) in [6.07, 6.45) is 0.866. The number of rotatable bonds is 8. The number of sulfonamides is 1. The van der Waals surface area contributed by atoms with Crippen molar-refractivity contribution in [1.29, 1.82) is 0 Å². The fourth-order valence-corrected chi connectivity index (χ4v) is 1.74. The Balaban J connectivity index is 4.66. The van der Waals surface area contributed by atoms with Crippen molar-refractivity contribution in [2.24, 2.45) is 5.92 Å². The molecule has 1 N–H and O–H groups in total. The largest absolute Gasteiger partial charge is 0.481 e. The van der Waals surface area contributed by atoms with E-state index in [1.54, 1.807) is 0 Å². The first-order valence-electron chi connectivity index (χ1n) is 5.95. The van der Waals surface area contributed by atoms with Crippen molar-refractivity contribution in [3.8, 4) is 0 Å². The lowest BCUT2D eigenvalue weighted by atomic mass is 10.2. The Labute approximate surface area is 114 Å². The summed E-state index contributed by atoms with van der Waals surface area (Å²) in [6.45, 7) is 4.03. The smallest absolute Gasteiger partial charge is 0.305 e. The highest BCUT2D eigenvalue weighted by Gasteiger charge is 2.21. The minimum absolute atomic E-state index is 0.0873. The zero-order chi connectivity index (χ0) is 15.2. The highest BCUT2D eigenvalue weighted by Crippen LogP contribution is 2.03. The van der Waals surface area contributed by atoms with E-state index in [2.05, 4.69) is 0 Å². The van der Waals surface area contributed by atoms with Crippen LogP contribution in [0.15, 0.2) is 0 Å². The fraction of sp³-hybridized carbons (Fsp3) is 0.818.